The van der Waals surface area contributed by atoms with Gasteiger partial charge in [0.2, 0.25) is 0 Å². The molecular formula is C14H25N5O. The third-order valence-corrected chi connectivity index (χ3v) is 5.47. The summed E-state index contributed by atoms with van der Waals surface area (Å²) in [6, 6.07) is 0.525. The lowest BCUT2D eigenvalue weighted by molar-refractivity contribution is 0.0810. The minimum atomic E-state index is -0.313. The van der Waals surface area contributed by atoms with E-state index in [1.54, 1.807) is 0 Å². The van der Waals surface area contributed by atoms with Crippen LogP contribution in [0, 0.1) is 5.41 Å². The van der Waals surface area contributed by atoms with Gasteiger partial charge < -0.3 is 5.11 Å². The molecule has 1 aromatic rings. The van der Waals surface area contributed by atoms with E-state index >= 15 is 0 Å². The summed E-state index contributed by atoms with van der Waals surface area (Å²) in [5, 5.41) is 24.8. The maximum absolute atomic E-state index is 10.4. The molecule has 6 nitrogen and oxygen atoms in total. The highest BCUT2D eigenvalue weighted by molar-refractivity contribution is 5.16. The average molecular weight is 279 g/mol. The van der Waals surface area contributed by atoms with E-state index in [-0.39, 0.29) is 11.5 Å². The monoisotopic (exact) mass is 279 g/mol. The Kier molecular flexibility index (Phi) is 3.33. The van der Waals surface area contributed by atoms with Crippen LogP contribution in [0.25, 0.3) is 0 Å². The summed E-state index contributed by atoms with van der Waals surface area (Å²) >= 11 is 0. The Balaban J connectivity index is 1.57. The van der Waals surface area contributed by atoms with E-state index < -0.39 is 0 Å². The number of H-pyrrole nitrogens is 1. The number of rotatable bonds is 5. The molecule has 1 aliphatic heterocycles. The molecule has 1 saturated heterocycles. The molecule has 6 heteroatoms. The van der Waals surface area contributed by atoms with Gasteiger partial charge in [-0.1, -0.05) is 19.1 Å². The first-order chi connectivity index (χ1) is 9.43. The number of aliphatic hydroxyl groups excluding tert-OH is 1. The molecule has 2 fully saturated rings. The molecular weight excluding hydrogens is 254 g/mol. The van der Waals surface area contributed by atoms with Crippen molar-refractivity contribution in [1.82, 2.24) is 25.5 Å². The van der Waals surface area contributed by atoms with Crippen LogP contribution in [0.2, 0.25) is 0 Å². The van der Waals surface area contributed by atoms with Crippen LogP contribution in [0.4, 0.5) is 0 Å². The second-order valence-electron chi connectivity index (χ2n) is 7.28. The van der Waals surface area contributed by atoms with Crippen LogP contribution in [0.5, 0.6) is 0 Å². The molecule has 112 valence electrons. The van der Waals surface area contributed by atoms with Gasteiger partial charge in [0.25, 0.3) is 0 Å². The minimum Gasteiger partial charge on any atom is -0.392 e. The van der Waals surface area contributed by atoms with Crippen molar-refractivity contribution in [3.05, 3.63) is 5.82 Å². The van der Waals surface area contributed by atoms with Gasteiger partial charge >= 0.3 is 0 Å². The molecule has 1 saturated carbocycles. The summed E-state index contributed by atoms with van der Waals surface area (Å²) in [6.45, 7) is 8.73. The summed E-state index contributed by atoms with van der Waals surface area (Å²) in [6.07, 6.45) is 3.76. The summed E-state index contributed by atoms with van der Waals surface area (Å²) in [7, 11) is 0. The third-order valence-electron chi connectivity index (χ3n) is 5.47. The van der Waals surface area contributed by atoms with E-state index in [2.05, 4.69) is 46.3 Å². The Morgan fingerprint density at radius 3 is 2.65 bits per heavy atom. The highest BCUT2D eigenvalue weighted by Gasteiger charge is 2.49. The lowest BCUT2D eigenvalue weighted by Gasteiger charge is -2.31. The maximum Gasteiger partial charge on any atom is 0.180 e. The highest BCUT2D eigenvalue weighted by Crippen LogP contribution is 2.50. The van der Waals surface area contributed by atoms with Gasteiger partial charge in [0.15, 0.2) is 5.82 Å². The van der Waals surface area contributed by atoms with Gasteiger partial charge in [-0.3, -0.25) is 4.90 Å². The first kappa shape index (κ1) is 13.9. The van der Waals surface area contributed by atoms with Crippen LogP contribution in [0.3, 0.4) is 0 Å². The minimum absolute atomic E-state index is 0.0229. The fourth-order valence-electron chi connectivity index (χ4n) is 3.42. The molecule has 3 rings (SSSR count). The van der Waals surface area contributed by atoms with E-state index in [9.17, 15) is 5.11 Å². The van der Waals surface area contributed by atoms with Gasteiger partial charge in [0.05, 0.1) is 6.10 Å². The number of β-amino-alcohol motifs (C(OH)–C–C–N with tert-alkyl or cyclic N) is 1. The molecule has 0 spiro atoms. The van der Waals surface area contributed by atoms with Crippen molar-refractivity contribution in [2.24, 2.45) is 5.41 Å². The number of likely N-dealkylation sites (tertiary alicyclic amines) is 1. The fourth-order valence-corrected chi connectivity index (χ4v) is 3.42. The Hall–Kier alpha value is -1.01. The van der Waals surface area contributed by atoms with Gasteiger partial charge in [0, 0.05) is 18.0 Å². The standard InChI is InChI=1S/C14H25N5O/c1-10-13(2,3)6-7-19(10)9-11(20)8-14(4-5-14)12-15-17-18-16-12/h10-11,20H,4-9H2,1-3H3,(H,15,16,17,18). The molecule has 0 aromatic carbocycles. The SMILES string of the molecule is CC1N(CC(O)CC2(c3nn[nH]n3)CC2)CCC1(C)C. The van der Waals surface area contributed by atoms with E-state index in [4.69, 9.17) is 0 Å². The number of aliphatic hydroxyl groups is 1. The van der Waals surface area contributed by atoms with Crippen molar-refractivity contribution < 1.29 is 5.11 Å². The highest BCUT2D eigenvalue weighted by atomic mass is 16.3. The molecule has 2 atom stereocenters. The Morgan fingerprint density at radius 2 is 2.15 bits per heavy atom. The smallest absolute Gasteiger partial charge is 0.180 e. The molecule has 2 aliphatic rings. The quantitative estimate of drug-likeness (QED) is 0.844. The average Bonchev–Trinajstić information content (AvgIpc) is 2.86. The van der Waals surface area contributed by atoms with Crippen LogP contribution in [0.15, 0.2) is 0 Å². The van der Waals surface area contributed by atoms with Crippen molar-refractivity contribution >= 4 is 0 Å². The van der Waals surface area contributed by atoms with E-state index in [1.165, 1.54) is 6.42 Å². The van der Waals surface area contributed by atoms with Crippen molar-refractivity contribution in [3.8, 4) is 0 Å². The van der Waals surface area contributed by atoms with Gasteiger partial charge in [-0.25, -0.2) is 0 Å². The molecule has 0 bridgehead atoms. The largest absolute Gasteiger partial charge is 0.392 e. The van der Waals surface area contributed by atoms with Crippen LogP contribution >= 0.6 is 0 Å². The number of aromatic amines is 1. The number of hydrogen-bond donors (Lipinski definition) is 2. The molecule has 1 aromatic heterocycles. The lowest BCUT2D eigenvalue weighted by atomic mass is 9.86. The fraction of sp³-hybridized carbons (Fsp3) is 0.929. The molecule has 20 heavy (non-hydrogen) atoms. The first-order valence-corrected chi connectivity index (χ1v) is 7.59. The van der Waals surface area contributed by atoms with Gasteiger partial charge in [-0.05, 0) is 44.6 Å². The lowest BCUT2D eigenvalue weighted by Crippen LogP contribution is -2.39. The first-order valence-electron chi connectivity index (χ1n) is 7.59. The normalized spacial score (nSPS) is 29.5. The molecule has 2 heterocycles. The van der Waals surface area contributed by atoms with Gasteiger partial charge in [0.1, 0.15) is 0 Å². The van der Waals surface area contributed by atoms with Crippen molar-refractivity contribution in [1.29, 1.82) is 0 Å². The summed E-state index contributed by atoms with van der Waals surface area (Å²) in [5.41, 5.74) is 0.329. The third kappa shape index (κ3) is 2.46. The van der Waals surface area contributed by atoms with Crippen LogP contribution < -0.4 is 0 Å². The predicted molar refractivity (Wildman–Crippen MR) is 75.1 cm³/mol. The second-order valence-corrected chi connectivity index (χ2v) is 7.28. The number of nitrogens with zero attached hydrogens (tertiary/aromatic N) is 4. The Labute approximate surface area is 119 Å². The molecule has 0 radical (unpaired) electrons. The van der Waals surface area contributed by atoms with E-state index in [0.717, 1.165) is 38.2 Å². The van der Waals surface area contributed by atoms with Crippen molar-refractivity contribution in [3.63, 3.8) is 0 Å². The molecule has 1 aliphatic carbocycles. The van der Waals surface area contributed by atoms with E-state index in [1.807, 2.05) is 0 Å². The van der Waals surface area contributed by atoms with Crippen molar-refractivity contribution in [2.75, 3.05) is 13.1 Å². The zero-order chi connectivity index (χ0) is 14.4. The second kappa shape index (κ2) is 4.77. The topological polar surface area (TPSA) is 77.9 Å². The Morgan fingerprint density at radius 1 is 1.40 bits per heavy atom. The number of tetrazole rings is 1. The molecule has 2 unspecified atom stereocenters. The zero-order valence-electron chi connectivity index (χ0n) is 12.6. The molecule has 2 N–H and O–H groups in total. The number of aromatic nitrogens is 4. The Bertz CT molecular complexity index is 454. The predicted octanol–water partition coefficient (Wildman–Crippen LogP) is 1.10. The van der Waals surface area contributed by atoms with Crippen LogP contribution in [-0.2, 0) is 5.41 Å². The number of hydrogen-bond acceptors (Lipinski definition) is 5. The van der Waals surface area contributed by atoms with E-state index in [0.29, 0.717) is 11.5 Å². The molecule has 0 amide bonds. The summed E-state index contributed by atoms with van der Waals surface area (Å²) < 4.78 is 0. The van der Waals surface area contributed by atoms with Crippen molar-refractivity contribution in [2.45, 2.75) is 64.0 Å². The van der Waals surface area contributed by atoms with Crippen LogP contribution in [-0.4, -0.2) is 55.9 Å². The van der Waals surface area contributed by atoms with Gasteiger partial charge in [-0.2, -0.15) is 5.21 Å². The summed E-state index contributed by atoms with van der Waals surface area (Å²) in [5.74, 6) is 0.770. The maximum atomic E-state index is 10.4. The zero-order valence-corrected chi connectivity index (χ0v) is 12.6. The summed E-state index contributed by atoms with van der Waals surface area (Å²) in [4.78, 5) is 2.41. The van der Waals surface area contributed by atoms with Gasteiger partial charge in [-0.15, -0.1) is 10.2 Å². The number of nitrogens with one attached hydrogen (secondary N) is 1. The van der Waals surface area contributed by atoms with Crippen LogP contribution in [0.1, 0.15) is 52.3 Å².